The molecule has 0 aromatic heterocycles. The van der Waals surface area contributed by atoms with Crippen molar-refractivity contribution in [2.45, 2.75) is 52.5 Å². The van der Waals surface area contributed by atoms with Crippen molar-refractivity contribution in [3.8, 4) is 0 Å². The number of nitrogens with two attached hydrogens (primary N) is 1. The molecule has 18 heavy (non-hydrogen) atoms. The SMILES string of the molecule is CCCCCC(C)NC(=O)c1cc(C)ccc1N. The zero-order valence-electron chi connectivity index (χ0n) is 11.6. The third-order valence-corrected chi connectivity index (χ3v) is 3.07. The van der Waals surface area contributed by atoms with Gasteiger partial charge in [0, 0.05) is 11.7 Å². The van der Waals surface area contributed by atoms with E-state index in [1.807, 2.05) is 26.0 Å². The molecule has 0 saturated heterocycles. The highest BCUT2D eigenvalue weighted by Crippen LogP contribution is 2.14. The van der Waals surface area contributed by atoms with Gasteiger partial charge >= 0.3 is 0 Å². The van der Waals surface area contributed by atoms with Crippen LogP contribution in [0.1, 0.15) is 55.5 Å². The van der Waals surface area contributed by atoms with Gasteiger partial charge in [0.1, 0.15) is 0 Å². The van der Waals surface area contributed by atoms with Crippen LogP contribution in [0, 0.1) is 6.92 Å². The fourth-order valence-corrected chi connectivity index (χ4v) is 1.94. The van der Waals surface area contributed by atoms with Gasteiger partial charge in [0.25, 0.3) is 5.91 Å². The molecule has 3 N–H and O–H groups in total. The normalized spacial score (nSPS) is 12.2. The van der Waals surface area contributed by atoms with Crippen LogP contribution >= 0.6 is 0 Å². The molecule has 0 aliphatic rings. The maximum Gasteiger partial charge on any atom is 0.253 e. The number of unbranched alkanes of at least 4 members (excludes halogenated alkanes) is 2. The van der Waals surface area contributed by atoms with Crippen molar-refractivity contribution in [2.75, 3.05) is 5.73 Å². The molecule has 0 spiro atoms. The zero-order valence-corrected chi connectivity index (χ0v) is 11.6. The van der Waals surface area contributed by atoms with Gasteiger partial charge in [0.2, 0.25) is 0 Å². The minimum atomic E-state index is -0.0693. The monoisotopic (exact) mass is 248 g/mol. The lowest BCUT2D eigenvalue weighted by Crippen LogP contribution is -2.33. The lowest BCUT2D eigenvalue weighted by atomic mass is 10.1. The number of carbonyl (C=O) groups is 1. The van der Waals surface area contributed by atoms with Crippen molar-refractivity contribution in [1.29, 1.82) is 0 Å². The molecule has 0 bridgehead atoms. The van der Waals surface area contributed by atoms with E-state index in [1.54, 1.807) is 6.07 Å². The number of amides is 1. The number of nitrogen functional groups attached to an aromatic ring is 1. The topological polar surface area (TPSA) is 55.1 Å². The molecule has 0 heterocycles. The molecule has 0 aliphatic carbocycles. The van der Waals surface area contributed by atoms with E-state index in [2.05, 4.69) is 12.2 Å². The number of aryl methyl sites for hydroxylation is 1. The molecule has 100 valence electrons. The molecular formula is C15H24N2O. The number of hydrogen-bond acceptors (Lipinski definition) is 2. The highest BCUT2D eigenvalue weighted by Gasteiger charge is 2.12. The molecule has 0 saturated carbocycles. The number of carbonyl (C=O) groups excluding carboxylic acids is 1. The van der Waals surface area contributed by atoms with Gasteiger partial charge in [-0.1, -0.05) is 37.8 Å². The first-order valence-electron chi connectivity index (χ1n) is 6.71. The van der Waals surface area contributed by atoms with Crippen LogP contribution in [0.5, 0.6) is 0 Å². The molecular weight excluding hydrogens is 224 g/mol. The minimum absolute atomic E-state index is 0.0693. The van der Waals surface area contributed by atoms with E-state index in [1.165, 1.54) is 12.8 Å². The maximum atomic E-state index is 12.1. The van der Waals surface area contributed by atoms with E-state index in [0.29, 0.717) is 11.3 Å². The van der Waals surface area contributed by atoms with Crippen LogP contribution in [-0.2, 0) is 0 Å². The zero-order chi connectivity index (χ0) is 13.5. The van der Waals surface area contributed by atoms with Gasteiger partial charge in [-0.25, -0.2) is 0 Å². The molecule has 0 aliphatic heterocycles. The van der Waals surface area contributed by atoms with Crippen molar-refractivity contribution in [2.24, 2.45) is 0 Å². The Kier molecular flexibility index (Phi) is 5.69. The first-order chi connectivity index (χ1) is 8.54. The van der Waals surface area contributed by atoms with Crippen LogP contribution in [0.3, 0.4) is 0 Å². The number of rotatable bonds is 6. The second kappa shape index (κ2) is 7.04. The Morgan fingerprint density at radius 2 is 2.11 bits per heavy atom. The molecule has 1 atom stereocenters. The van der Waals surface area contributed by atoms with Crippen LogP contribution in [0.15, 0.2) is 18.2 Å². The summed E-state index contributed by atoms with van der Waals surface area (Å²) in [5.74, 6) is -0.0693. The number of benzene rings is 1. The lowest BCUT2D eigenvalue weighted by Gasteiger charge is -2.14. The van der Waals surface area contributed by atoms with Crippen LogP contribution in [-0.4, -0.2) is 11.9 Å². The fraction of sp³-hybridized carbons (Fsp3) is 0.533. The van der Waals surface area contributed by atoms with E-state index in [9.17, 15) is 4.79 Å². The molecule has 1 amide bonds. The van der Waals surface area contributed by atoms with Gasteiger partial charge in [-0.15, -0.1) is 0 Å². The molecule has 1 rings (SSSR count). The Morgan fingerprint density at radius 1 is 1.39 bits per heavy atom. The fourth-order valence-electron chi connectivity index (χ4n) is 1.94. The minimum Gasteiger partial charge on any atom is -0.398 e. The molecule has 0 fully saturated rings. The summed E-state index contributed by atoms with van der Waals surface area (Å²) in [7, 11) is 0. The summed E-state index contributed by atoms with van der Waals surface area (Å²) in [5.41, 5.74) is 8.00. The molecule has 1 unspecified atom stereocenters. The summed E-state index contributed by atoms with van der Waals surface area (Å²) < 4.78 is 0. The Bertz CT molecular complexity index is 401. The van der Waals surface area contributed by atoms with E-state index >= 15 is 0 Å². The van der Waals surface area contributed by atoms with E-state index in [0.717, 1.165) is 18.4 Å². The third-order valence-electron chi connectivity index (χ3n) is 3.07. The van der Waals surface area contributed by atoms with E-state index < -0.39 is 0 Å². The average Bonchev–Trinajstić information content (AvgIpc) is 2.32. The van der Waals surface area contributed by atoms with Gasteiger partial charge < -0.3 is 11.1 Å². The average molecular weight is 248 g/mol. The van der Waals surface area contributed by atoms with Gasteiger partial charge in [0.05, 0.1) is 5.56 Å². The Balaban J connectivity index is 2.56. The van der Waals surface area contributed by atoms with Gasteiger partial charge in [0.15, 0.2) is 0 Å². The highest BCUT2D eigenvalue weighted by atomic mass is 16.1. The summed E-state index contributed by atoms with van der Waals surface area (Å²) in [4.78, 5) is 12.1. The second-order valence-corrected chi connectivity index (χ2v) is 4.96. The Hall–Kier alpha value is -1.51. The van der Waals surface area contributed by atoms with Crippen LogP contribution < -0.4 is 11.1 Å². The number of hydrogen-bond donors (Lipinski definition) is 2. The van der Waals surface area contributed by atoms with Gasteiger partial charge in [-0.3, -0.25) is 4.79 Å². The first-order valence-corrected chi connectivity index (χ1v) is 6.71. The van der Waals surface area contributed by atoms with Crippen LogP contribution in [0.2, 0.25) is 0 Å². The molecule has 1 aromatic carbocycles. The summed E-state index contributed by atoms with van der Waals surface area (Å²) >= 11 is 0. The predicted molar refractivity (Wildman–Crippen MR) is 76.7 cm³/mol. The number of anilines is 1. The van der Waals surface area contributed by atoms with Crippen molar-refractivity contribution in [3.05, 3.63) is 29.3 Å². The standard InChI is InChI=1S/C15H24N2O/c1-4-5-6-7-12(3)17-15(18)13-10-11(2)8-9-14(13)16/h8-10,12H,4-7,16H2,1-3H3,(H,17,18). The lowest BCUT2D eigenvalue weighted by molar-refractivity contribution is 0.0938. The van der Waals surface area contributed by atoms with Crippen molar-refractivity contribution in [3.63, 3.8) is 0 Å². The molecule has 1 aromatic rings. The van der Waals surface area contributed by atoms with Crippen LogP contribution in [0.4, 0.5) is 5.69 Å². The maximum absolute atomic E-state index is 12.1. The van der Waals surface area contributed by atoms with E-state index in [4.69, 9.17) is 5.73 Å². The molecule has 3 heteroatoms. The van der Waals surface area contributed by atoms with Crippen molar-refractivity contribution >= 4 is 11.6 Å². The summed E-state index contributed by atoms with van der Waals surface area (Å²) in [5, 5.41) is 3.00. The third kappa shape index (κ3) is 4.40. The van der Waals surface area contributed by atoms with Gasteiger partial charge in [-0.05, 0) is 32.4 Å². The molecule has 0 radical (unpaired) electrons. The van der Waals surface area contributed by atoms with Crippen molar-refractivity contribution < 1.29 is 4.79 Å². The van der Waals surface area contributed by atoms with Gasteiger partial charge in [-0.2, -0.15) is 0 Å². The quantitative estimate of drug-likeness (QED) is 0.599. The Morgan fingerprint density at radius 3 is 2.78 bits per heavy atom. The van der Waals surface area contributed by atoms with Crippen LogP contribution in [0.25, 0.3) is 0 Å². The number of nitrogens with one attached hydrogen (secondary N) is 1. The second-order valence-electron chi connectivity index (χ2n) is 4.96. The molecule has 3 nitrogen and oxygen atoms in total. The van der Waals surface area contributed by atoms with Crippen molar-refractivity contribution in [1.82, 2.24) is 5.32 Å². The first kappa shape index (κ1) is 14.6. The smallest absolute Gasteiger partial charge is 0.253 e. The highest BCUT2D eigenvalue weighted by molar-refractivity contribution is 5.99. The summed E-state index contributed by atoms with van der Waals surface area (Å²) in [6.45, 7) is 6.18. The Labute approximate surface area is 110 Å². The summed E-state index contributed by atoms with van der Waals surface area (Å²) in [6.07, 6.45) is 4.59. The van der Waals surface area contributed by atoms with E-state index in [-0.39, 0.29) is 11.9 Å². The summed E-state index contributed by atoms with van der Waals surface area (Å²) in [6, 6.07) is 5.73. The largest absolute Gasteiger partial charge is 0.398 e. The predicted octanol–water partition coefficient (Wildman–Crippen LogP) is 3.28.